The third-order valence-electron chi connectivity index (χ3n) is 5.72. The minimum atomic E-state index is -4.13. The van der Waals surface area contributed by atoms with Crippen molar-refractivity contribution in [3.63, 3.8) is 0 Å². The minimum absolute atomic E-state index is 0.00833. The van der Waals surface area contributed by atoms with Crippen LogP contribution in [0.25, 0.3) is 0 Å². The number of carbonyl (C=O) groups is 2. The molecule has 4 rings (SSSR count). The molecule has 1 unspecified atom stereocenters. The smallest absolute Gasteiger partial charge is 0.252 e. The summed E-state index contributed by atoms with van der Waals surface area (Å²) in [6, 6.07) is 20.3. The van der Waals surface area contributed by atoms with Crippen LogP contribution >= 0.6 is 0 Å². The zero-order valence-corrected chi connectivity index (χ0v) is 20.3. The predicted molar refractivity (Wildman–Crippen MR) is 131 cm³/mol. The van der Waals surface area contributed by atoms with Crippen molar-refractivity contribution >= 4 is 27.5 Å². The molecule has 0 aromatic heterocycles. The van der Waals surface area contributed by atoms with Crippen LogP contribution in [0.2, 0.25) is 0 Å². The Morgan fingerprint density at radius 2 is 1.54 bits per heavy atom. The van der Waals surface area contributed by atoms with Crippen LogP contribution in [0.4, 0.5) is 5.69 Å². The van der Waals surface area contributed by atoms with Gasteiger partial charge in [-0.1, -0.05) is 30.3 Å². The molecule has 1 heterocycles. The Balaban J connectivity index is 1.70. The first-order chi connectivity index (χ1) is 16.8. The highest BCUT2D eigenvalue weighted by Crippen LogP contribution is 2.32. The molecule has 0 aliphatic carbocycles. The van der Waals surface area contributed by atoms with E-state index >= 15 is 0 Å². The van der Waals surface area contributed by atoms with E-state index in [1.807, 2.05) is 13.0 Å². The van der Waals surface area contributed by atoms with E-state index in [1.54, 1.807) is 60.7 Å². The largest absolute Gasteiger partial charge is 0.497 e. The van der Waals surface area contributed by atoms with Crippen molar-refractivity contribution in [3.8, 4) is 11.5 Å². The highest BCUT2D eigenvalue weighted by atomic mass is 32.2. The first kappa shape index (κ1) is 24.4. The molecule has 1 aliphatic rings. The SMILES string of the molecule is CCOc1ccc(N2C(=O)CC(N(Cc3ccccc3)S(=O)(=O)c3ccc(OC)cc3)C2=O)cc1. The number of hydrogen-bond acceptors (Lipinski definition) is 6. The molecule has 0 bridgehead atoms. The fourth-order valence-electron chi connectivity index (χ4n) is 3.98. The molecular weight excluding hydrogens is 468 g/mol. The second kappa shape index (κ2) is 10.3. The Kier molecular flexibility index (Phi) is 7.18. The number of carbonyl (C=O) groups excluding carboxylic acids is 2. The van der Waals surface area contributed by atoms with Crippen LogP contribution in [0.15, 0.2) is 83.8 Å². The van der Waals surface area contributed by atoms with E-state index in [4.69, 9.17) is 9.47 Å². The van der Waals surface area contributed by atoms with Crippen molar-refractivity contribution in [2.24, 2.45) is 0 Å². The number of amides is 2. The molecule has 1 fully saturated rings. The monoisotopic (exact) mass is 494 g/mol. The molecule has 35 heavy (non-hydrogen) atoms. The van der Waals surface area contributed by atoms with Crippen molar-refractivity contribution in [2.45, 2.75) is 30.8 Å². The van der Waals surface area contributed by atoms with Crippen molar-refractivity contribution in [1.82, 2.24) is 4.31 Å². The van der Waals surface area contributed by atoms with Crippen molar-refractivity contribution in [3.05, 3.63) is 84.4 Å². The zero-order chi connectivity index (χ0) is 25.0. The third-order valence-corrected chi connectivity index (χ3v) is 7.59. The number of methoxy groups -OCH3 is 1. The number of benzene rings is 3. The van der Waals surface area contributed by atoms with Gasteiger partial charge in [0, 0.05) is 6.54 Å². The molecule has 182 valence electrons. The maximum Gasteiger partial charge on any atom is 0.252 e. The lowest BCUT2D eigenvalue weighted by atomic mass is 10.2. The highest BCUT2D eigenvalue weighted by Gasteiger charge is 2.47. The van der Waals surface area contributed by atoms with Crippen LogP contribution in [0.5, 0.6) is 11.5 Å². The van der Waals surface area contributed by atoms with Gasteiger partial charge in [-0.15, -0.1) is 0 Å². The van der Waals surface area contributed by atoms with Gasteiger partial charge in [-0.05, 0) is 61.0 Å². The van der Waals surface area contributed by atoms with Gasteiger partial charge in [0.1, 0.15) is 17.5 Å². The molecule has 0 N–H and O–H groups in total. The maximum atomic E-state index is 13.7. The van der Waals surface area contributed by atoms with Gasteiger partial charge >= 0.3 is 0 Å². The number of ether oxygens (including phenoxy) is 2. The topological polar surface area (TPSA) is 93.2 Å². The molecule has 8 nitrogen and oxygen atoms in total. The minimum Gasteiger partial charge on any atom is -0.497 e. The molecule has 0 radical (unpaired) electrons. The van der Waals surface area contributed by atoms with E-state index < -0.39 is 27.9 Å². The number of rotatable bonds is 9. The van der Waals surface area contributed by atoms with Crippen LogP contribution in [-0.2, 0) is 26.2 Å². The van der Waals surface area contributed by atoms with Gasteiger partial charge < -0.3 is 9.47 Å². The number of nitrogens with zero attached hydrogens (tertiary/aromatic N) is 2. The summed E-state index contributed by atoms with van der Waals surface area (Å²) in [4.78, 5) is 27.5. The van der Waals surface area contributed by atoms with Gasteiger partial charge in [0.25, 0.3) is 5.91 Å². The molecule has 1 saturated heterocycles. The zero-order valence-electron chi connectivity index (χ0n) is 19.5. The summed E-state index contributed by atoms with van der Waals surface area (Å²) in [6.45, 7) is 2.28. The first-order valence-corrected chi connectivity index (χ1v) is 12.6. The number of sulfonamides is 1. The van der Waals surface area contributed by atoms with E-state index in [-0.39, 0.29) is 17.9 Å². The number of hydrogen-bond donors (Lipinski definition) is 0. The van der Waals surface area contributed by atoms with Crippen molar-refractivity contribution < 1.29 is 27.5 Å². The second-order valence-electron chi connectivity index (χ2n) is 7.93. The Morgan fingerprint density at radius 1 is 0.914 bits per heavy atom. The lowest BCUT2D eigenvalue weighted by molar-refractivity contribution is -0.122. The quantitative estimate of drug-likeness (QED) is 0.422. The Morgan fingerprint density at radius 3 is 2.14 bits per heavy atom. The molecule has 0 spiro atoms. The van der Waals surface area contributed by atoms with Crippen LogP contribution < -0.4 is 14.4 Å². The fraction of sp³-hybridized carbons (Fsp3) is 0.231. The summed E-state index contributed by atoms with van der Waals surface area (Å²) in [6.07, 6.45) is -0.256. The Hall–Kier alpha value is -3.69. The molecule has 9 heteroatoms. The van der Waals surface area contributed by atoms with Gasteiger partial charge in [0.05, 0.1) is 30.7 Å². The summed E-state index contributed by atoms with van der Waals surface area (Å²) in [7, 11) is -2.64. The average Bonchev–Trinajstić information content (AvgIpc) is 3.17. The lowest BCUT2D eigenvalue weighted by Crippen LogP contribution is -2.45. The Bertz CT molecular complexity index is 1290. The second-order valence-corrected chi connectivity index (χ2v) is 9.82. The van der Waals surface area contributed by atoms with E-state index in [0.29, 0.717) is 29.4 Å². The lowest BCUT2D eigenvalue weighted by Gasteiger charge is -2.27. The van der Waals surface area contributed by atoms with Gasteiger partial charge in [-0.2, -0.15) is 4.31 Å². The van der Waals surface area contributed by atoms with Crippen LogP contribution in [0.3, 0.4) is 0 Å². The fourth-order valence-corrected chi connectivity index (χ4v) is 5.55. The van der Waals surface area contributed by atoms with Crippen molar-refractivity contribution in [2.75, 3.05) is 18.6 Å². The highest BCUT2D eigenvalue weighted by molar-refractivity contribution is 7.89. The van der Waals surface area contributed by atoms with E-state index in [0.717, 1.165) is 9.21 Å². The molecule has 1 atom stereocenters. The molecular formula is C26H26N2O6S. The third kappa shape index (κ3) is 5.06. The first-order valence-electron chi connectivity index (χ1n) is 11.1. The van der Waals surface area contributed by atoms with Crippen molar-refractivity contribution in [1.29, 1.82) is 0 Å². The van der Waals surface area contributed by atoms with E-state index in [9.17, 15) is 18.0 Å². The van der Waals surface area contributed by atoms with Gasteiger partial charge in [0.2, 0.25) is 15.9 Å². The summed E-state index contributed by atoms with van der Waals surface area (Å²) >= 11 is 0. The van der Waals surface area contributed by atoms with Crippen LogP contribution in [0.1, 0.15) is 18.9 Å². The molecule has 2 amide bonds. The summed E-state index contributed by atoms with van der Waals surface area (Å²) < 4.78 is 39.1. The van der Waals surface area contributed by atoms with Gasteiger partial charge in [-0.3, -0.25) is 9.59 Å². The number of imide groups is 1. The molecule has 0 saturated carbocycles. The summed E-state index contributed by atoms with van der Waals surface area (Å²) in [5.74, 6) is 0.0615. The summed E-state index contributed by atoms with van der Waals surface area (Å²) in [5.41, 5.74) is 1.07. The molecule has 3 aromatic carbocycles. The summed E-state index contributed by atoms with van der Waals surface area (Å²) in [5, 5.41) is 0. The molecule has 1 aliphatic heterocycles. The van der Waals surface area contributed by atoms with Crippen LogP contribution in [-0.4, -0.2) is 44.3 Å². The predicted octanol–water partition coefficient (Wildman–Crippen LogP) is 3.62. The van der Waals surface area contributed by atoms with E-state index in [1.165, 1.54) is 19.2 Å². The number of anilines is 1. The van der Waals surface area contributed by atoms with Gasteiger partial charge in [-0.25, -0.2) is 13.3 Å². The van der Waals surface area contributed by atoms with E-state index in [2.05, 4.69) is 0 Å². The standard InChI is InChI=1S/C26H26N2O6S/c1-3-34-22-11-9-20(10-12-22)28-25(29)17-24(26(28)30)27(18-19-7-5-4-6-8-19)35(31,32)23-15-13-21(33-2)14-16-23/h4-16,24H,3,17-18H2,1-2H3. The normalized spacial score (nSPS) is 16.1. The van der Waals surface area contributed by atoms with Crippen LogP contribution in [0, 0.1) is 0 Å². The maximum absolute atomic E-state index is 13.7. The van der Waals surface area contributed by atoms with Gasteiger partial charge in [0.15, 0.2) is 0 Å². The average molecular weight is 495 g/mol. The molecule has 3 aromatic rings. The Labute approximate surface area is 204 Å².